The number of sulfone groups is 1. The van der Waals surface area contributed by atoms with Crippen LogP contribution < -0.4 is 0 Å². The molecule has 0 N–H and O–H groups in total. The molecule has 0 radical (unpaired) electrons. The lowest BCUT2D eigenvalue weighted by Crippen LogP contribution is -2.23. The molecule has 0 bridgehead atoms. The molecular weight excluding hydrogens is 248 g/mol. The van der Waals surface area contributed by atoms with Crippen LogP contribution in [0.5, 0.6) is 0 Å². The summed E-state index contributed by atoms with van der Waals surface area (Å²) in [6.45, 7) is 1.53. The van der Waals surface area contributed by atoms with E-state index in [1.165, 1.54) is 25.4 Å². The van der Waals surface area contributed by atoms with Crippen LogP contribution in [0.3, 0.4) is 0 Å². The SMILES string of the molecule is COC(=O)CC(C)S(=O)(=O)Cc1cccs1. The van der Waals surface area contributed by atoms with Gasteiger partial charge in [0.05, 0.1) is 24.5 Å². The van der Waals surface area contributed by atoms with Gasteiger partial charge in [-0.1, -0.05) is 6.07 Å². The van der Waals surface area contributed by atoms with Gasteiger partial charge in [0.25, 0.3) is 0 Å². The smallest absolute Gasteiger partial charge is 0.306 e. The van der Waals surface area contributed by atoms with Gasteiger partial charge >= 0.3 is 5.97 Å². The van der Waals surface area contributed by atoms with E-state index < -0.39 is 21.1 Å². The van der Waals surface area contributed by atoms with Gasteiger partial charge in [0, 0.05) is 4.88 Å². The van der Waals surface area contributed by atoms with Gasteiger partial charge in [-0.2, -0.15) is 0 Å². The molecule has 0 spiro atoms. The molecule has 1 aromatic rings. The van der Waals surface area contributed by atoms with Crippen molar-refractivity contribution in [3.8, 4) is 0 Å². The van der Waals surface area contributed by atoms with Gasteiger partial charge in [-0.15, -0.1) is 11.3 Å². The summed E-state index contributed by atoms with van der Waals surface area (Å²) < 4.78 is 28.1. The zero-order chi connectivity index (χ0) is 12.2. The normalized spacial score (nSPS) is 13.4. The number of carbonyl (C=O) groups excluding carboxylic acids is 1. The van der Waals surface area contributed by atoms with E-state index in [4.69, 9.17) is 0 Å². The summed E-state index contributed by atoms with van der Waals surface area (Å²) in [5.74, 6) is -0.509. The van der Waals surface area contributed by atoms with Crippen molar-refractivity contribution >= 4 is 27.1 Å². The van der Waals surface area contributed by atoms with Gasteiger partial charge in [0.15, 0.2) is 9.84 Å². The maximum atomic E-state index is 11.8. The highest BCUT2D eigenvalue weighted by Crippen LogP contribution is 2.17. The first kappa shape index (κ1) is 13.2. The number of methoxy groups -OCH3 is 1. The first-order valence-electron chi connectivity index (χ1n) is 4.76. The third-order valence-corrected chi connectivity index (χ3v) is 5.38. The van der Waals surface area contributed by atoms with Gasteiger partial charge in [-0.25, -0.2) is 8.42 Å². The number of thiophene rings is 1. The molecule has 6 heteroatoms. The quantitative estimate of drug-likeness (QED) is 0.756. The maximum absolute atomic E-state index is 11.8. The summed E-state index contributed by atoms with van der Waals surface area (Å²) in [6.07, 6.45) is -0.0930. The van der Waals surface area contributed by atoms with Crippen molar-refractivity contribution in [3.05, 3.63) is 22.4 Å². The minimum absolute atomic E-state index is 0.0111. The lowest BCUT2D eigenvalue weighted by atomic mass is 10.3. The lowest BCUT2D eigenvalue weighted by Gasteiger charge is -2.10. The Labute approximate surface area is 99.2 Å². The topological polar surface area (TPSA) is 60.4 Å². The average molecular weight is 262 g/mol. The number of rotatable bonds is 5. The Bertz CT molecular complexity index is 433. The Hall–Kier alpha value is -0.880. The van der Waals surface area contributed by atoms with Crippen molar-refractivity contribution in [1.29, 1.82) is 0 Å². The molecule has 0 aliphatic rings. The van der Waals surface area contributed by atoms with E-state index >= 15 is 0 Å². The van der Waals surface area contributed by atoms with Crippen molar-refractivity contribution in [2.24, 2.45) is 0 Å². The zero-order valence-corrected chi connectivity index (χ0v) is 10.8. The predicted octanol–water partition coefficient (Wildman–Crippen LogP) is 1.61. The molecule has 4 nitrogen and oxygen atoms in total. The van der Waals surface area contributed by atoms with Crippen LogP contribution in [-0.2, 0) is 25.1 Å². The third-order valence-electron chi connectivity index (χ3n) is 2.22. The fourth-order valence-corrected chi connectivity index (χ4v) is 3.60. The average Bonchev–Trinajstić information content (AvgIpc) is 2.69. The lowest BCUT2D eigenvalue weighted by molar-refractivity contribution is -0.140. The van der Waals surface area contributed by atoms with Gasteiger partial charge in [0.1, 0.15) is 0 Å². The summed E-state index contributed by atoms with van der Waals surface area (Å²) in [5, 5.41) is 1.12. The van der Waals surface area contributed by atoms with E-state index in [0.717, 1.165) is 4.88 Å². The van der Waals surface area contributed by atoms with Crippen LogP contribution in [0.4, 0.5) is 0 Å². The highest BCUT2D eigenvalue weighted by molar-refractivity contribution is 7.91. The predicted molar refractivity (Wildman–Crippen MR) is 63.0 cm³/mol. The number of esters is 1. The molecular formula is C10H14O4S2. The van der Waals surface area contributed by atoms with E-state index in [1.54, 1.807) is 12.1 Å². The fourth-order valence-electron chi connectivity index (χ4n) is 1.18. The van der Waals surface area contributed by atoms with E-state index in [-0.39, 0.29) is 12.2 Å². The Morgan fingerprint density at radius 3 is 2.75 bits per heavy atom. The summed E-state index contributed by atoms with van der Waals surface area (Å²) in [6, 6.07) is 3.58. The molecule has 1 rings (SSSR count). The second kappa shape index (κ2) is 5.45. The Morgan fingerprint density at radius 2 is 2.25 bits per heavy atom. The van der Waals surface area contributed by atoms with Gasteiger partial charge < -0.3 is 4.74 Å². The molecule has 1 heterocycles. The number of hydrogen-bond acceptors (Lipinski definition) is 5. The summed E-state index contributed by atoms with van der Waals surface area (Å²) in [5.41, 5.74) is 0. The van der Waals surface area contributed by atoms with E-state index in [2.05, 4.69) is 4.74 Å². The van der Waals surface area contributed by atoms with Crippen LogP contribution in [0.15, 0.2) is 17.5 Å². The maximum Gasteiger partial charge on any atom is 0.306 e. The summed E-state index contributed by atoms with van der Waals surface area (Å²) in [7, 11) is -2.03. The number of hydrogen-bond donors (Lipinski definition) is 0. The molecule has 90 valence electrons. The van der Waals surface area contributed by atoms with Gasteiger partial charge in [0.2, 0.25) is 0 Å². The zero-order valence-electron chi connectivity index (χ0n) is 9.17. The van der Waals surface area contributed by atoms with E-state index in [9.17, 15) is 13.2 Å². The summed E-state index contributed by atoms with van der Waals surface area (Å²) in [4.78, 5) is 11.8. The highest BCUT2D eigenvalue weighted by Gasteiger charge is 2.24. The van der Waals surface area contributed by atoms with Crippen molar-refractivity contribution < 1.29 is 17.9 Å². The fraction of sp³-hybridized carbons (Fsp3) is 0.500. The molecule has 0 aliphatic carbocycles. The molecule has 1 unspecified atom stereocenters. The molecule has 0 amide bonds. The Morgan fingerprint density at radius 1 is 1.56 bits per heavy atom. The Kier molecular flexibility index (Phi) is 4.49. The van der Waals surface area contributed by atoms with Crippen molar-refractivity contribution in [1.82, 2.24) is 0 Å². The standard InChI is InChI=1S/C10H14O4S2/c1-8(6-10(11)14-2)16(12,13)7-9-4-3-5-15-9/h3-5,8H,6-7H2,1-2H3. The molecule has 0 saturated heterocycles. The van der Waals surface area contributed by atoms with Crippen molar-refractivity contribution in [2.75, 3.05) is 7.11 Å². The first-order chi connectivity index (χ1) is 7.45. The molecule has 0 aliphatic heterocycles. The van der Waals surface area contributed by atoms with E-state index in [1.807, 2.05) is 5.38 Å². The second-order valence-electron chi connectivity index (χ2n) is 3.48. The molecule has 1 aromatic heterocycles. The molecule has 1 atom stereocenters. The van der Waals surface area contributed by atoms with Crippen LogP contribution in [0.25, 0.3) is 0 Å². The number of carbonyl (C=O) groups is 1. The van der Waals surface area contributed by atoms with Crippen molar-refractivity contribution in [3.63, 3.8) is 0 Å². The minimum Gasteiger partial charge on any atom is -0.469 e. The van der Waals surface area contributed by atoms with Gasteiger partial charge in [-0.05, 0) is 18.4 Å². The van der Waals surface area contributed by atoms with Crippen LogP contribution in [0.2, 0.25) is 0 Å². The third kappa shape index (κ3) is 3.61. The molecule has 0 aromatic carbocycles. The van der Waals surface area contributed by atoms with E-state index in [0.29, 0.717) is 0 Å². The van der Waals surface area contributed by atoms with Crippen LogP contribution >= 0.6 is 11.3 Å². The highest BCUT2D eigenvalue weighted by atomic mass is 32.2. The molecule has 0 saturated carbocycles. The Balaban J connectivity index is 2.67. The number of ether oxygens (including phenoxy) is 1. The first-order valence-corrected chi connectivity index (χ1v) is 7.36. The van der Waals surface area contributed by atoms with Crippen LogP contribution in [0.1, 0.15) is 18.2 Å². The summed E-state index contributed by atoms with van der Waals surface area (Å²) >= 11 is 1.40. The molecule has 0 fully saturated rings. The molecule has 16 heavy (non-hydrogen) atoms. The largest absolute Gasteiger partial charge is 0.469 e. The second-order valence-corrected chi connectivity index (χ2v) is 6.93. The minimum atomic E-state index is -3.28. The van der Waals surface area contributed by atoms with Crippen LogP contribution in [0, 0.1) is 0 Å². The van der Waals surface area contributed by atoms with Gasteiger partial charge in [-0.3, -0.25) is 4.79 Å². The monoisotopic (exact) mass is 262 g/mol. The van der Waals surface area contributed by atoms with Crippen LogP contribution in [-0.4, -0.2) is 26.7 Å². The van der Waals surface area contributed by atoms with Crippen molar-refractivity contribution in [2.45, 2.75) is 24.3 Å².